The molecule has 4 heterocycles. The Morgan fingerprint density at radius 3 is 2.26 bits per heavy atom. The molecule has 0 saturated carbocycles. The molecule has 2 saturated heterocycles. The number of nitrogens with zero attached hydrogens (tertiary/aromatic N) is 3. The van der Waals surface area contributed by atoms with Crippen molar-refractivity contribution < 1.29 is 4.79 Å². The predicted octanol–water partition coefficient (Wildman–Crippen LogP) is 9.64. The molecule has 1 unspecified atom stereocenters. The van der Waals surface area contributed by atoms with Gasteiger partial charge in [-0.15, -0.1) is 0 Å². The highest BCUT2D eigenvalue weighted by Crippen LogP contribution is 2.43. The lowest BCUT2D eigenvalue weighted by Crippen LogP contribution is -2.45. The molecule has 0 spiro atoms. The minimum Gasteiger partial charge on any atom is -0.354 e. The van der Waals surface area contributed by atoms with Gasteiger partial charge in [-0.1, -0.05) is 53.4 Å². The second-order valence-electron chi connectivity index (χ2n) is 14.6. The summed E-state index contributed by atoms with van der Waals surface area (Å²) in [5.41, 5.74) is 8.86. The van der Waals surface area contributed by atoms with Crippen molar-refractivity contribution in [1.82, 2.24) is 19.8 Å². The van der Waals surface area contributed by atoms with Crippen LogP contribution in [0.4, 0.5) is 0 Å². The van der Waals surface area contributed by atoms with Crippen molar-refractivity contribution in [3.63, 3.8) is 0 Å². The van der Waals surface area contributed by atoms with Crippen LogP contribution in [-0.4, -0.2) is 57.9 Å². The van der Waals surface area contributed by atoms with Crippen LogP contribution in [0.3, 0.4) is 0 Å². The predicted molar refractivity (Wildman–Crippen MR) is 192 cm³/mol. The van der Waals surface area contributed by atoms with Gasteiger partial charge in [0.1, 0.15) is 0 Å². The first-order valence-electron chi connectivity index (χ1n) is 17.0. The topological polar surface area (TPSA) is 52.2 Å². The molecule has 5 nitrogen and oxygen atoms in total. The highest BCUT2D eigenvalue weighted by atomic mass is 35.5. The van der Waals surface area contributed by atoms with Gasteiger partial charge in [0, 0.05) is 41.9 Å². The minimum absolute atomic E-state index is 0.266. The third kappa shape index (κ3) is 6.48. The number of rotatable bonds is 11. The van der Waals surface area contributed by atoms with Crippen LogP contribution in [0.15, 0.2) is 48.8 Å². The average molecular weight is 660 g/mol. The number of carbonyl (C=O) groups excluding carboxylic acids is 1. The highest BCUT2D eigenvalue weighted by molar-refractivity contribution is 6.35. The lowest BCUT2D eigenvalue weighted by atomic mass is 9.81. The molecule has 244 valence electrons. The van der Waals surface area contributed by atoms with Crippen molar-refractivity contribution in [1.29, 1.82) is 0 Å². The molecule has 2 bridgehead atoms. The van der Waals surface area contributed by atoms with Crippen LogP contribution in [0.5, 0.6) is 0 Å². The van der Waals surface area contributed by atoms with Gasteiger partial charge < -0.3 is 14.8 Å². The van der Waals surface area contributed by atoms with Gasteiger partial charge in [-0.05, 0) is 139 Å². The zero-order valence-corrected chi connectivity index (χ0v) is 29.7. The second kappa shape index (κ2) is 13.3. The van der Waals surface area contributed by atoms with Gasteiger partial charge in [-0.2, -0.15) is 0 Å². The fraction of sp³-hybridized carbons (Fsp3) is 0.487. The van der Waals surface area contributed by atoms with Crippen molar-refractivity contribution in [3.8, 4) is 11.3 Å². The molecule has 0 aliphatic carbocycles. The van der Waals surface area contributed by atoms with Gasteiger partial charge in [0.25, 0.3) is 0 Å². The van der Waals surface area contributed by atoms with Crippen LogP contribution >= 0.6 is 23.2 Å². The maximum Gasteiger partial charge on any atom is 0.233 e. The normalized spacial score (nSPS) is 18.7. The van der Waals surface area contributed by atoms with E-state index >= 15 is 0 Å². The number of likely N-dealkylation sites (N-methyl/N-ethyl adjacent to an activating group) is 1. The monoisotopic (exact) mass is 658 g/mol. The van der Waals surface area contributed by atoms with Gasteiger partial charge in [-0.25, -0.2) is 0 Å². The van der Waals surface area contributed by atoms with Crippen LogP contribution in [0, 0.1) is 13.8 Å². The smallest absolute Gasteiger partial charge is 0.233 e. The average Bonchev–Trinajstić information content (AvgIpc) is 3.72. The molecule has 1 amide bonds. The number of nitrogens with one attached hydrogen (secondary N) is 1. The van der Waals surface area contributed by atoms with Gasteiger partial charge in [-0.3, -0.25) is 9.78 Å². The lowest BCUT2D eigenvalue weighted by molar-refractivity contribution is -0.137. The fourth-order valence-corrected chi connectivity index (χ4v) is 8.71. The molecule has 2 aliphatic heterocycles. The summed E-state index contributed by atoms with van der Waals surface area (Å²) in [5, 5.41) is 2.51. The van der Waals surface area contributed by atoms with Crippen LogP contribution in [-0.2, 0) is 16.6 Å². The summed E-state index contributed by atoms with van der Waals surface area (Å²) in [5.74, 6) is 0.549. The van der Waals surface area contributed by atoms with Gasteiger partial charge in [0.2, 0.25) is 5.91 Å². The Bertz CT molecular complexity index is 1680. The van der Waals surface area contributed by atoms with Crippen molar-refractivity contribution in [2.45, 2.75) is 103 Å². The van der Waals surface area contributed by atoms with Crippen LogP contribution in [0.1, 0.15) is 93.0 Å². The molecular formula is C39H48Cl2N4O. The Morgan fingerprint density at radius 2 is 1.63 bits per heavy atom. The number of hydrogen-bond donors (Lipinski definition) is 1. The molecule has 0 radical (unpaired) electrons. The SMILES string of the molecule is Cc1cc(C)cc(-c2[nH]c3ccc(C(C)(C)C(=O)N4C5CCC4CC5)cc3c2C(C)CN(C)CCCCc2c(Cl)cncc2Cl)c1. The number of benzene rings is 2. The van der Waals surface area contributed by atoms with Gasteiger partial charge >= 0.3 is 0 Å². The summed E-state index contributed by atoms with van der Waals surface area (Å²) in [7, 11) is 2.21. The number of H-pyrrole nitrogens is 1. The number of aromatic amines is 1. The number of aryl methyl sites for hydroxylation is 2. The number of aromatic nitrogens is 2. The Morgan fingerprint density at radius 1 is 1.00 bits per heavy atom. The molecule has 6 rings (SSSR count). The van der Waals surface area contributed by atoms with Crippen molar-refractivity contribution in [2.24, 2.45) is 0 Å². The number of amides is 1. The number of halogens is 2. The maximum absolute atomic E-state index is 14.1. The number of hydrogen-bond acceptors (Lipinski definition) is 3. The molecule has 4 aromatic rings. The van der Waals surface area contributed by atoms with Crippen LogP contribution in [0.25, 0.3) is 22.2 Å². The standard InChI is InChI=1S/C39H48Cl2N4O/c1-24-17-25(2)19-27(18-24)37-36(26(3)23-44(6)16-8-7-9-31-33(40)21-42-22-34(31)41)32-20-28(10-15-35(32)43-37)39(4,5)38(46)45-29-11-12-30(45)14-13-29/h10,15,17-22,26,29-30,43H,7-9,11-14,16,23H2,1-6H3. The fourth-order valence-electron chi connectivity index (χ4n) is 8.16. The molecule has 2 aromatic carbocycles. The van der Waals surface area contributed by atoms with E-state index in [1.54, 1.807) is 12.4 Å². The van der Waals surface area contributed by atoms with E-state index in [2.05, 4.69) is 97.8 Å². The first kappa shape index (κ1) is 33.1. The van der Waals surface area contributed by atoms with Gasteiger partial charge in [0.15, 0.2) is 0 Å². The maximum atomic E-state index is 14.1. The third-order valence-electron chi connectivity index (χ3n) is 10.5. The number of carbonyl (C=O) groups is 1. The van der Waals surface area contributed by atoms with Crippen molar-refractivity contribution in [2.75, 3.05) is 20.1 Å². The van der Waals surface area contributed by atoms with E-state index in [1.807, 2.05) is 0 Å². The largest absolute Gasteiger partial charge is 0.354 e. The number of unbranched alkanes of at least 4 members (excludes halogenated alkanes) is 1. The van der Waals surface area contributed by atoms with E-state index in [0.717, 1.165) is 74.7 Å². The Hall–Kier alpha value is -2.86. The Kier molecular flexibility index (Phi) is 9.58. The second-order valence-corrected chi connectivity index (χ2v) is 15.4. The minimum atomic E-state index is -0.589. The summed E-state index contributed by atoms with van der Waals surface area (Å²) in [6.07, 6.45) is 10.9. The number of pyridine rings is 1. The molecule has 7 heteroatoms. The summed E-state index contributed by atoms with van der Waals surface area (Å²) in [6, 6.07) is 14.3. The summed E-state index contributed by atoms with van der Waals surface area (Å²) < 4.78 is 0. The first-order chi connectivity index (χ1) is 21.9. The van der Waals surface area contributed by atoms with Gasteiger partial charge in [0.05, 0.1) is 21.2 Å². The zero-order valence-electron chi connectivity index (χ0n) is 28.2. The molecule has 2 aromatic heterocycles. The van der Waals surface area contributed by atoms with E-state index < -0.39 is 5.41 Å². The molecular weight excluding hydrogens is 611 g/mol. The zero-order chi connectivity index (χ0) is 32.7. The Labute approximate surface area is 284 Å². The quantitative estimate of drug-likeness (QED) is 0.163. The summed E-state index contributed by atoms with van der Waals surface area (Å²) in [6.45, 7) is 12.8. The van der Waals surface area contributed by atoms with Crippen LogP contribution < -0.4 is 0 Å². The highest BCUT2D eigenvalue weighted by Gasteiger charge is 2.47. The lowest BCUT2D eigenvalue weighted by Gasteiger charge is -2.33. The van der Waals surface area contributed by atoms with E-state index in [9.17, 15) is 4.79 Å². The van der Waals surface area contributed by atoms with Crippen molar-refractivity contribution >= 4 is 40.0 Å². The first-order valence-corrected chi connectivity index (χ1v) is 17.7. The van der Waals surface area contributed by atoms with Crippen molar-refractivity contribution in [3.05, 3.63) is 86.7 Å². The summed E-state index contributed by atoms with van der Waals surface area (Å²) >= 11 is 12.7. The Balaban J connectivity index is 1.27. The van der Waals surface area contributed by atoms with E-state index in [-0.39, 0.29) is 11.8 Å². The van der Waals surface area contributed by atoms with E-state index in [4.69, 9.17) is 23.2 Å². The molecule has 1 N–H and O–H groups in total. The van der Waals surface area contributed by atoms with E-state index in [1.165, 1.54) is 33.3 Å². The molecule has 46 heavy (non-hydrogen) atoms. The summed E-state index contributed by atoms with van der Waals surface area (Å²) in [4.78, 5) is 26.6. The molecule has 1 atom stereocenters. The molecule has 2 fully saturated rings. The third-order valence-corrected chi connectivity index (χ3v) is 11.2. The van der Waals surface area contributed by atoms with E-state index in [0.29, 0.717) is 22.1 Å². The molecule has 2 aliphatic rings. The van der Waals surface area contributed by atoms with Crippen LogP contribution in [0.2, 0.25) is 10.0 Å². The number of fused-ring (bicyclic) bond motifs is 3.